The predicted molar refractivity (Wildman–Crippen MR) is 133 cm³/mol. The van der Waals surface area contributed by atoms with E-state index in [2.05, 4.69) is 23.3 Å². The summed E-state index contributed by atoms with van der Waals surface area (Å²) in [5, 5.41) is 23.7. The molecule has 0 bridgehead atoms. The number of aromatic hydroxyl groups is 1. The molecule has 0 aliphatic carbocycles. The minimum atomic E-state index is -1.21. The molecule has 1 aromatic carbocycles. The summed E-state index contributed by atoms with van der Waals surface area (Å²) >= 11 is 5.44. The van der Waals surface area contributed by atoms with Crippen molar-refractivity contribution in [3.63, 3.8) is 0 Å². The number of phenols is 1. The molecule has 4 atom stereocenters. The average molecular weight is 513 g/mol. The van der Waals surface area contributed by atoms with E-state index in [0.29, 0.717) is 31.6 Å². The average Bonchev–Trinajstić information content (AvgIpc) is 3.30. The highest BCUT2D eigenvalue weighted by molar-refractivity contribution is 7.98. The fourth-order valence-electron chi connectivity index (χ4n) is 3.72. The molecule has 0 saturated carbocycles. The molecule has 3 amide bonds. The number of thiol groups is 1. The lowest BCUT2D eigenvalue weighted by Gasteiger charge is -2.28. The van der Waals surface area contributed by atoms with Crippen molar-refractivity contribution in [1.82, 2.24) is 15.5 Å². The Morgan fingerprint density at radius 1 is 1.21 bits per heavy atom. The van der Waals surface area contributed by atoms with Crippen LogP contribution in [0.15, 0.2) is 24.3 Å². The summed E-state index contributed by atoms with van der Waals surface area (Å²) in [7, 11) is 0. The van der Waals surface area contributed by atoms with Crippen molar-refractivity contribution in [3.8, 4) is 5.75 Å². The zero-order valence-corrected chi connectivity index (χ0v) is 20.7. The maximum Gasteiger partial charge on any atom is 0.327 e. The minimum Gasteiger partial charge on any atom is -0.508 e. The number of likely N-dealkylation sites (tertiary alicyclic amines) is 1. The van der Waals surface area contributed by atoms with Gasteiger partial charge in [0.1, 0.15) is 23.9 Å². The van der Waals surface area contributed by atoms with Gasteiger partial charge in [0.25, 0.3) is 0 Å². The van der Waals surface area contributed by atoms with Crippen molar-refractivity contribution >= 4 is 48.1 Å². The van der Waals surface area contributed by atoms with E-state index in [4.69, 9.17) is 5.73 Å². The fraction of sp³-hybridized carbons (Fsp3) is 0.545. The van der Waals surface area contributed by atoms with Gasteiger partial charge in [-0.2, -0.15) is 24.4 Å². The third-order valence-corrected chi connectivity index (χ3v) is 6.60. The monoisotopic (exact) mass is 512 g/mol. The van der Waals surface area contributed by atoms with Gasteiger partial charge in [0.05, 0.1) is 6.04 Å². The highest BCUT2D eigenvalue weighted by atomic mass is 32.2. The second kappa shape index (κ2) is 13.4. The van der Waals surface area contributed by atoms with Crippen LogP contribution < -0.4 is 16.4 Å². The summed E-state index contributed by atoms with van der Waals surface area (Å²) in [4.78, 5) is 51.4. The number of carbonyl (C=O) groups excluding carboxylic acids is 3. The van der Waals surface area contributed by atoms with Crippen molar-refractivity contribution in [2.45, 2.75) is 49.9 Å². The van der Waals surface area contributed by atoms with Crippen molar-refractivity contribution in [3.05, 3.63) is 29.8 Å². The van der Waals surface area contributed by atoms with Gasteiger partial charge in [0, 0.05) is 12.3 Å². The lowest BCUT2D eigenvalue weighted by molar-refractivity contribution is -0.142. The second-order valence-electron chi connectivity index (χ2n) is 8.09. The fourth-order valence-corrected chi connectivity index (χ4v) is 4.44. The first-order valence-corrected chi connectivity index (χ1v) is 13.0. The van der Waals surface area contributed by atoms with Crippen molar-refractivity contribution < 1.29 is 29.4 Å². The number of carbonyl (C=O) groups is 4. The van der Waals surface area contributed by atoms with Crippen LogP contribution in [-0.2, 0) is 25.6 Å². The Morgan fingerprint density at radius 3 is 2.47 bits per heavy atom. The molecule has 0 spiro atoms. The van der Waals surface area contributed by atoms with Crippen LogP contribution in [0.3, 0.4) is 0 Å². The Morgan fingerprint density at radius 2 is 1.88 bits per heavy atom. The number of aliphatic carboxylic acids is 1. The van der Waals surface area contributed by atoms with Crippen LogP contribution in [0.1, 0.15) is 24.8 Å². The van der Waals surface area contributed by atoms with Gasteiger partial charge in [-0.3, -0.25) is 14.4 Å². The number of phenolic OH excluding ortho intramolecular Hbond substituents is 1. The second-order valence-corrected chi connectivity index (χ2v) is 9.44. The Balaban J connectivity index is 2.05. The summed E-state index contributed by atoms with van der Waals surface area (Å²) in [6.45, 7) is 0.378. The lowest BCUT2D eigenvalue weighted by Crippen LogP contribution is -2.57. The Labute approximate surface area is 208 Å². The standard InChI is InChI=1S/C22H32N4O6S2/c1-34-10-8-16(19(28)25-17(12-33)22(31)32)24-20(29)18-3-2-9-26(18)21(30)15(23)11-13-4-6-14(27)7-5-13/h4-7,15-18,27,33H,2-3,8-12,23H2,1H3,(H,24,29)(H,25,28)(H,31,32). The topological polar surface area (TPSA) is 162 Å². The molecule has 34 heavy (non-hydrogen) atoms. The number of nitrogens with two attached hydrogens (primary N) is 1. The number of benzene rings is 1. The maximum absolute atomic E-state index is 13.1. The number of carboxylic acids is 1. The predicted octanol–water partition coefficient (Wildman–Crippen LogP) is -0.00990. The van der Waals surface area contributed by atoms with Crippen LogP contribution in [0.5, 0.6) is 5.75 Å². The van der Waals surface area contributed by atoms with E-state index in [1.54, 1.807) is 12.1 Å². The van der Waals surface area contributed by atoms with E-state index < -0.39 is 42.0 Å². The number of amides is 3. The molecule has 188 valence electrons. The summed E-state index contributed by atoms with van der Waals surface area (Å²) in [6, 6.07) is 2.66. The summed E-state index contributed by atoms with van der Waals surface area (Å²) in [5.74, 6) is -2.06. The Bertz CT molecular complexity index is 869. The Kier molecular flexibility index (Phi) is 11.0. The molecule has 1 aromatic rings. The Hall–Kier alpha value is -2.44. The van der Waals surface area contributed by atoms with Gasteiger partial charge in [0.2, 0.25) is 17.7 Å². The first-order chi connectivity index (χ1) is 16.2. The normalized spacial score (nSPS) is 18.1. The SMILES string of the molecule is CSCCC(NC(=O)C1CCCN1C(=O)C(N)Cc1ccc(O)cc1)C(=O)NC(CS)C(=O)O. The number of nitrogens with one attached hydrogen (secondary N) is 2. The first-order valence-electron chi connectivity index (χ1n) is 10.9. The molecular formula is C22H32N4O6S2. The van der Waals surface area contributed by atoms with E-state index in [0.717, 1.165) is 5.56 Å². The number of thioether (sulfide) groups is 1. The molecule has 2 rings (SSSR count). The van der Waals surface area contributed by atoms with Crippen LogP contribution >= 0.6 is 24.4 Å². The van der Waals surface area contributed by atoms with Crippen LogP contribution in [-0.4, -0.2) is 87.3 Å². The van der Waals surface area contributed by atoms with Gasteiger partial charge in [0.15, 0.2) is 0 Å². The van der Waals surface area contributed by atoms with E-state index >= 15 is 0 Å². The number of carboxylic acid groups (broad SMARTS) is 1. The van der Waals surface area contributed by atoms with Crippen LogP contribution in [0.25, 0.3) is 0 Å². The first kappa shape index (κ1) is 27.8. The molecular weight excluding hydrogens is 480 g/mol. The molecule has 4 unspecified atom stereocenters. The third-order valence-electron chi connectivity index (χ3n) is 5.59. The van der Waals surface area contributed by atoms with E-state index in [1.807, 2.05) is 6.26 Å². The summed E-state index contributed by atoms with van der Waals surface area (Å²) in [5.41, 5.74) is 6.91. The molecule has 10 nitrogen and oxygen atoms in total. The zero-order chi connectivity index (χ0) is 25.3. The molecule has 1 aliphatic heterocycles. The highest BCUT2D eigenvalue weighted by Gasteiger charge is 2.37. The molecule has 1 heterocycles. The van der Waals surface area contributed by atoms with Gasteiger partial charge in [-0.25, -0.2) is 4.79 Å². The largest absolute Gasteiger partial charge is 0.508 e. The molecule has 0 aromatic heterocycles. The van der Waals surface area contributed by atoms with E-state index in [-0.39, 0.29) is 23.8 Å². The molecule has 0 radical (unpaired) electrons. The summed E-state index contributed by atoms with van der Waals surface area (Å²) < 4.78 is 0. The number of hydrogen-bond donors (Lipinski definition) is 6. The van der Waals surface area contributed by atoms with Crippen LogP contribution in [0.2, 0.25) is 0 Å². The van der Waals surface area contributed by atoms with Crippen LogP contribution in [0, 0.1) is 0 Å². The van der Waals surface area contributed by atoms with Crippen molar-refractivity contribution in [1.29, 1.82) is 0 Å². The molecule has 6 N–H and O–H groups in total. The number of nitrogens with zero attached hydrogens (tertiary/aromatic N) is 1. The molecule has 1 aliphatic rings. The smallest absolute Gasteiger partial charge is 0.327 e. The van der Waals surface area contributed by atoms with E-state index in [1.165, 1.54) is 28.8 Å². The van der Waals surface area contributed by atoms with E-state index in [9.17, 15) is 29.4 Å². The van der Waals surface area contributed by atoms with Gasteiger partial charge in [-0.05, 0) is 55.4 Å². The third kappa shape index (κ3) is 7.81. The van der Waals surface area contributed by atoms with Crippen LogP contribution in [0.4, 0.5) is 0 Å². The number of rotatable bonds is 12. The molecule has 1 saturated heterocycles. The van der Waals surface area contributed by atoms with Gasteiger partial charge in [-0.15, -0.1) is 0 Å². The minimum absolute atomic E-state index is 0.0892. The number of hydrogen-bond acceptors (Lipinski definition) is 8. The molecule has 1 fully saturated rings. The highest BCUT2D eigenvalue weighted by Crippen LogP contribution is 2.20. The van der Waals surface area contributed by atoms with Gasteiger partial charge < -0.3 is 31.5 Å². The maximum atomic E-state index is 13.1. The lowest BCUT2D eigenvalue weighted by atomic mass is 10.0. The van der Waals surface area contributed by atoms with Gasteiger partial charge >= 0.3 is 5.97 Å². The molecule has 12 heteroatoms. The van der Waals surface area contributed by atoms with Crippen molar-refractivity contribution in [2.75, 3.05) is 24.3 Å². The quantitative estimate of drug-likeness (QED) is 0.213. The van der Waals surface area contributed by atoms with Gasteiger partial charge in [-0.1, -0.05) is 12.1 Å². The van der Waals surface area contributed by atoms with Crippen molar-refractivity contribution in [2.24, 2.45) is 5.73 Å². The zero-order valence-electron chi connectivity index (χ0n) is 19.0. The summed E-state index contributed by atoms with van der Waals surface area (Å²) in [6.07, 6.45) is 3.48.